The second kappa shape index (κ2) is 7.85. The Labute approximate surface area is 193 Å². The summed E-state index contributed by atoms with van der Waals surface area (Å²) in [6, 6.07) is 13.9. The number of hydrazine groups is 1. The molecule has 6 rings (SSSR count). The molecule has 3 atom stereocenters. The first kappa shape index (κ1) is 20.7. The summed E-state index contributed by atoms with van der Waals surface area (Å²) in [6.45, 7) is 2.41. The number of hydrogen-bond acceptors (Lipinski definition) is 5. The number of amides is 1. The van der Waals surface area contributed by atoms with Crippen molar-refractivity contribution < 1.29 is 19.4 Å². The third-order valence-corrected chi connectivity index (χ3v) is 8.07. The van der Waals surface area contributed by atoms with Gasteiger partial charge in [0.1, 0.15) is 6.10 Å². The second-order valence-electron chi connectivity index (χ2n) is 9.91. The van der Waals surface area contributed by atoms with Gasteiger partial charge >= 0.3 is 5.97 Å². The maximum Gasteiger partial charge on any atom is 0.327 e. The van der Waals surface area contributed by atoms with Gasteiger partial charge in [0.15, 0.2) is 6.04 Å². The van der Waals surface area contributed by atoms with Crippen LogP contribution in [0.15, 0.2) is 42.5 Å². The van der Waals surface area contributed by atoms with E-state index < -0.39 is 12.0 Å². The molecule has 3 fully saturated rings. The number of carboxylic acid groups (broad SMARTS) is 1. The Morgan fingerprint density at radius 2 is 1.82 bits per heavy atom. The van der Waals surface area contributed by atoms with E-state index in [0.717, 1.165) is 61.2 Å². The van der Waals surface area contributed by atoms with Crippen molar-refractivity contribution >= 4 is 17.6 Å². The molecule has 3 N–H and O–H groups in total. The number of nitrogens with zero attached hydrogens (tertiary/aromatic N) is 1. The number of rotatable bonds is 4. The Balaban J connectivity index is 1.10. The number of fused-ring (bicyclic) bond motifs is 1. The Morgan fingerprint density at radius 3 is 2.52 bits per heavy atom. The van der Waals surface area contributed by atoms with Crippen molar-refractivity contribution in [2.75, 3.05) is 25.1 Å². The van der Waals surface area contributed by atoms with Gasteiger partial charge in [-0.25, -0.2) is 5.43 Å². The molecule has 3 aliphatic heterocycles. The van der Waals surface area contributed by atoms with Gasteiger partial charge in [0.05, 0.1) is 5.69 Å². The minimum atomic E-state index is -0.890. The van der Waals surface area contributed by atoms with Gasteiger partial charge in [-0.1, -0.05) is 36.4 Å². The van der Waals surface area contributed by atoms with Gasteiger partial charge in [-0.15, -0.1) is 0 Å². The molecule has 2 aromatic rings. The number of benzene rings is 2. The van der Waals surface area contributed by atoms with Crippen LogP contribution >= 0.6 is 0 Å². The normalized spacial score (nSPS) is 27.3. The van der Waals surface area contributed by atoms with Crippen molar-refractivity contribution in [2.24, 2.45) is 5.41 Å². The fraction of sp³-hybridized carbons (Fsp3) is 0.462. The second-order valence-corrected chi connectivity index (χ2v) is 9.91. The fourth-order valence-corrected chi connectivity index (χ4v) is 5.95. The molecule has 1 saturated carbocycles. The molecule has 4 aliphatic rings. The summed E-state index contributed by atoms with van der Waals surface area (Å²) in [5.41, 5.74) is 11.3. The lowest BCUT2D eigenvalue weighted by molar-refractivity contribution is -0.142. The van der Waals surface area contributed by atoms with Crippen molar-refractivity contribution in [3.05, 3.63) is 53.6 Å². The Morgan fingerprint density at radius 1 is 1.06 bits per heavy atom. The van der Waals surface area contributed by atoms with Crippen molar-refractivity contribution in [3.8, 4) is 11.1 Å². The smallest absolute Gasteiger partial charge is 0.327 e. The molecule has 1 aliphatic carbocycles. The summed E-state index contributed by atoms with van der Waals surface area (Å²) in [5, 5.41) is 9.30. The summed E-state index contributed by atoms with van der Waals surface area (Å²) < 4.78 is 5.59. The van der Waals surface area contributed by atoms with Gasteiger partial charge in [0.25, 0.3) is 5.91 Å². The highest BCUT2D eigenvalue weighted by atomic mass is 16.5. The van der Waals surface area contributed by atoms with E-state index in [0.29, 0.717) is 17.9 Å². The zero-order valence-corrected chi connectivity index (χ0v) is 18.5. The summed E-state index contributed by atoms with van der Waals surface area (Å²) in [5.74, 6) is -0.120. The van der Waals surface area contributed by atoms with Crippen molar-refractivity contribution in [3.63, 3.8) is 0 Å². The van der Waals surface area contributed by atoms with Gasteiger partial charge in [-0.05, 0) is 66.2 Å². The lowest BCUT2D eigenvalue weighted by Crippen LogP contribution is -2.44. The zero-order valence-electron chi connectivity index (χ0n) is 18.5. The minimum Gasteiger partial charge on any atom is -0.480 e. The van der Waals surface area contributed by atoms with Gasteiger partial charge < -0.3 is 20.2 Å². The molecular formula is C26H29N3O4. The maximum absolute atomic E-state index is 12.6. The average molecular weight is 448 g/mol. The van der Waals surface area contributed by atoms with E-state index in [4.69, 9.17) is 4.74 Å². The largest absolute Gasteiger partial charge is 0.480 e. The topological polar surface area (TPSA) is 90.9 Å². The van der Waals surface area contributed by atoms with Gasteiger partial charge in [-0.2, -0.15) is 0 Å². The number of carboxylic acids is 1. The van der Waals surface area contributed by atoms with Gasteiger partial charge in [-0.3, -0.25) is 9.59 Å². The first-order valence-corrected chi connectivity index (χ1v) is 11.9. The molecule has 0 bridgehead atoms. The molecule has 1 unspecified atom stereocenters. The van der Waals surface area contributed by atoms with Crippen molar-refractivity contribution in [1.29, 1.82) is 0 Å². The van der Waals surface area contributed by atoms with Crippen LogP contribution in [0.2, 0.25) is 0 Å². The van der Waals surface area contributed by atoms with Crippen LogP contribution in [-0.2, 0) is 14.3 Å². The van der Waals surface area contributed by atoms with E-state index >= 15 is 0 Å². The molecule has 0 radical (unpaired) electrons. The van der Waals surface area contributed by atoms with Crippen LogP contribution in [0, 0.1) is 5.41 Å². The van der Waals surface area contributed by atoms with Crippen LogP contribution in [0.5, 0.6) is 0 Å². The third kappa shape index (κ3) is 3.60. The molecule has 0 aromatic heterocycles. The van der Waals surface area contributed by atoms with Crippen molar-refractivity contribution in [1.82, 2.24) is 10.3 Å². The van der Waals surface area contributed by atoms with E-state index in [-0.39, 0.29) is 12.0 Å². The van der Waals surface area contributed by atoms with Crippen LogP contribution in [-0.4, -0.2) is 47.7 Å². The standard InChI is InChI=1S/C26H29N3O4/c30-24(22-2-1-13-33-22)29-11-9-26(10-12-29)15-20(26)17-5-3-16(4-6-17)18-7-8-19-21(14-18)27-28-23(19)25(31)32/h3-8,14,20,22-23,27-28H,1-2,9-13,15H2,(H,31,32)/t20-,22+,23?/m0/s1. The van der Waals surface area contributed by atoms with E-state index in [1.54, 1.807) is 0 Å². The average Bonchev–Trinajstić information content (AvgIpc) is 3.21. The highest BCUT2D eigenvalue weighted by molar-refractivity contribution is 5.83. The highest BCUT2D eigenvalue weighted by Gasteiger charge is 2.55. The molecule has 2 aromatic carbocycles. The SMILES string of the molecule is O=C(O)C1NNc2cc(-c3ccc([C@@H]4CC45CCN(C(=O)[C@H]4CCCO4)CC5)cc3)ccc21. The number of carbonyl (C=O) groups is 2. The third-order valence-electron chi connectivity index (χ3n) is 8.07. The molecule has 172 valence electrons. The molecule has 7 nitrogen and oxygen atoms in total. The Hall–Kier alpha value is -2.90. The fourth-order valence-electron chi connectivity index (χ4n) is 5.95. The maximum atomic E-state index is 12.6. The first-order chi connectivity index (χ1) is 16.0. The molecule has 7 heteroatoms. The van der Waals surface area contributed by atoms with Crippen LogP contribution in [0.25, 0.3) is 11.1 Å². The minimum absolute atomic E-state index is 0.192. The first-order valence-electron chi connectivity index (χ1n) is 11.9. The monoisotopic (exact) mass is 447 g/mol. The lowest BCUT2D eigenvalue weighted by atomic mass is 9.88. The number of nitrogens with one attached hydrogen (secondary N) is 2. The number of carbonyl (C=O) groups excluding carboxylic acids is 1. The van der Waals surface area contributed by atoms with Crippen LogP contribution in [0.1, 0.15) is 55.2 Å². The number of ether oxygens (including phenoxy) is 1. The van der Waals surface area contributed by atoms with Crippen LogP contribution in [0.3, 0.4) is 0 Å². The van der Waals surface area contributed by atoms with Gasteiger partial charge in [0.2, 0.25) is 0 Å². The highest BCUT2D eigenvalue weighted by Crippen LogP contribution is 2.65. The molecular weight excluding hydrogens is 418 g/mol. The Kier molecular flexibility index (Phi) is 4.92. The molecule has 1 amide bonds. The van der Waals surface area contributed by atoms with E-state index in [9.17, 15) is 14.7 Å². The quantitative estimate of drug-likeness (QED) is 0.662. The number of aliphatic carboxylic acids is 1. The van der Waals surface area contributed by atoms with Crippen molar-refractivity contribution in [2.45, 2.75) is 50.2 Å². The molecule has 3 heterocycles. The Bertz CT molecular complexity index is 1090. The van der Waals surface area contributed by atoms with E-state index in [1.807, 2.05) is 23.1 Å². The molecule has 2 saturated heterocycles. The van der Waals surface area contributed by atoms with E-state index in [1.165, 1.54) is 12.0 Å². The number of piperidine rings is 1. The number of hydrogen-bond donors (Lipinski definition) is 3. The zero-order chi connectivity index (χ0) is 22.6. The number of anilines is 1. The predicted octanol–water partition coefficient (Wildman–Crippen LogP) is 3.68. The van der Waals surface area contributed by atoms with Crippen LogP contribution in [0.4, 0.5) is 5.69 Å². The van der Waals surface area contributed by atoms with E-state index in [2.05, 4.69) is 35.1 Å². The predicted molar refractivity (Wildman–Crippen MR) is 124 cm³/mol. The summed E-state index contributed by atoms with van der Waals surface area (Å²) >= 11 is 0. The lowest BCUT2D eigenvalue weighted by Gasteiger charge is -2.34. The summed E-state index contributed by atoms with van der Waals surface area (Å²) in [6.07, 6.45) is 5.01. The summed E-state index contributed by atoms with van der Waals surface area (Å²) in [7, 11) is 0. The summed E-state index contributed by atoms with van der Waals surface area (Å²) in [4.78, 5) is 26.0. The van der Waals surface area contributed by atoms with Gasteiger partial charge in [0, 0.05) is 25.3 Å². The number of likely N-dealkylation sites (tertiary alicyclic amines) is 1. The van der Waals surface area contributed by atoms with Crippen LogP contribution < -0.4 is 10.9 Å². The molecule has 33 heavy (non-hydrogen) atoms. The molecule has 1 spiro atoms.